The monoisotopic (exact) mass is 288 g/mol. The zero-order valence-corrected chi connectivity index (χ0v) is 12.4. The predicted octanol–water partition coefficient (Wildman–Crippen LogP) is 2.15. The first kappa shape index (κ1) is 13.9. The van der Waals surface area contributed by atoms with Gasteiger partial charge in [-0.3, -0.25) is 4.79 Å². The number of carboxylic acids is 1. The summed E-state index contributed by atoms with van der Waals surface area (Å²) in [5, 5.41) is 13.5. The molecule has 2 aromatic rings. The predicted molar refractivity (Wildman–Crippen MR) is 79.6 cm³/mol. The fraction of sp³-hybridized carbons (Fsp3) is 0.533. The number of fused-ring (bicyclic) bond motifs is 1. The maximum Gasteiger partial charge on any atom is 0.303 e. The van der Waals surface area contributed by atoms with Crippen molar-refractivity contribution in [2.75, 3.05) is 18.0 Å². The van der Waals surface area contributed by atoms with Crippen molar-refractivity contribution >= 4 is 17.3 Å². The molecule has 0 radical (unpaired) electrons. The highest BCUT2D eigenvalue weighted by atomic mass is 16.4. The summed E-state index contributed by atoms with van der Waals surface area (Å²) < 4.78 is 1.86. The van der Waals surface area contributed by atoms with Crippen molar-refractivity contribution in [3.63, 3.8) is 0 Å². The number of nitrogens with zero attached hydrogens (tertiary/aromatic N) is 4. The van der Waals surface area contributed by atoms with Crippen molar-refractivity contribution in [3.05, 3.63) is 24.2 Å². The van der Waals surface area contributed by atoms with Crippen molar-refractivity contribution in [2.45, 2.75) is 32.6 Å². The SMILES string of the molecule is CC(C)c1cc2c(N3CCC(CC(=O)O)C3)nccn2n1. The average molecular weight is 288 g/mol. The van der Waals surface area contributed by atoms with Gasteiger partial charge in [0.15, 0.2) is 5.82 Å². The molecule has 2 aromatic heterocycles. The van der Waals surface area contributed by atoms with Gasteiger partial charge in [0.05, 0.1) is 5.69 Å². The Labute approximate surface area is 123 Å². The summed E-state index contributed by atoms with van der Waals surface area (Å²) >= 11 is 0. The van der Waals surface area contributed by atoms with Crippen LogP contribution in [0.25, 0.3) is 5.52 Å². The second-order valence-corrected chi connectivity index (χ2v) is 6.00. The fourth-order valence-corrected chi connectivity index (χ4v) is 2.89. The Morgan fingerprint density at radius 1 is 1.52 bits per heavy atom. The van der Waals surface area contributed by atoms with E-state index in [1.54, 1.807) is 6.20 Å². The topological polar surface area (TPSA) is 70.7 Å². The van der Waals surface area contributed by atoms with Crippen LogP contribution in [-0.4, -0.2) is 38.8 Å². The average Bonchev–Trinajstić information content (AvgIpc) is 3.03. The second kappa shape index (κ2) is 5.35. The highest BCUT2D eigenvalue weighted by molar-refractivity contribution is 5.70. The number of hydrogen-bond acceptors (Lipinski definition) is 4. The van der Waals surface area contributed by atoms with E-state index in [9.17, 15) is 4.79 Å². The molecule has 1 saturated heterocycles. The second-order valence-electron chi connectivity index (χ2n) is 6.00. The van der Waals surface area contributed by atoms with Crippen LogP contribution < -0.4 is 4.90 Å². The highest BCUT2D eigenvalue weighted by Gasteiger charge is 2.27. The molecule has 0 spiro atoms. The molecule has 112 valence electrons. The molecule has 1 atom stereocenters. The minimum atomic E-state index is -0.723. The van der Waals surface area contributed by atoms with Gasteiger partial charge in [0, 0.05) is 31.9 Å². The van der Waals surface area contributed by atoms with Gasteiger partial charge in [-0.25, -0.2) is 9.50 Å². The molecule has 0 saturated carbocycles. The van der Waals surface area contributed by atoms with E-state index in [0.717, 1.165) is 36.5 Å². The number of anilines is 1. The molecule has 21 heavy (non-hydrogen) atoms. The Hall–Kier alpha value is -2.11. The molecular formula is C15H20N4O2. The summed E-state index contributed by atoms with van der Waals surface area (Å²) in [6, 6.07) is 2.08. The Morgan fingerprint density at radius 2 is 2.33 bits per heavy atom. The van der Waals surface area contributed by atoms with Crippen LogP contribution >= 0.6 is 0 Å². The number of aromatic nitrogens is 3. The molecule has 1 unspecified atom stereocenters. The van der Waals surface area contributed by atoms with Crippen LogP contribution in [0.5, 0.6) is 0 Å². The first-order chi connectivity index (χ1) is 10.0. The fourth-order valence-electron chi connectivity index (χ4n) is 2.89. The van der Waals surface area contributed by atoms with Crippen LogP contribution in [0.1, 0.15) is 38.3 Å². The molecule has 0 bridgehead atoms. The molecule has 3 heterocycles. The van der Waals surface area contributed by atoms with Crippen molar-refractivity contribution in [3.8, 4) is 0 Å². The summed E-state index contributed by atoms with van der Waals surface area (Å²) in [5.41, 5.74) is 2.04. The summed E-state index contributed by atoms with van der Waals surface area (Å²) in [6.45, 7) is 5.84. The number of rotatable bonds is 4. The summed E-state index contributed by atoms with van der Waals surface area (Å²) in [6.07, 6.45) is 4.75. The van der Waals surface area contributed by atoms with Crippen molar-refractivity contribution < 1.29 is 9.90 Å². The summed E-state index contributed by atoms with van der Waals surface area (Å²) in [5.74, 6) is 0.761. The molecular weight excluding hydrogens is 268 g/mol. The maximum atomic E-state index is 10.8. The van der Waals surface area contributed by atoms with E-state index >= 15 is 0 Å². The lowest BCUT2D eigenvalue weighted by atomic mass is 10.1. The lowest BCUT2D eigenvalue weighted by Gasteiger charge is -2.17. The van der Waals surface area contributed by atoms with Crippen LogP contribution in [0, 0.1) is 5.92 Å². The minimum absolute atomic E-state index is 0.206. The number of aliphatic carboxylic acids is 1. The van der Waals surface area contributed by atoms with E-state index < -0.39 is 5.97 Å². The van der Waals surface area contributed by atoms with E-state index in [-0.39, 0.29) is 12.3 Å². The van der Waals surface area contributed by atoms with Gasteiger partial charge in [-0.2, -0.15) is 5.10 Å². The molecule has 6 heteroatoms. The maximum absolute atomic E-state index is 10.8. The lowest BCUT2D eigenvalue weighted by molar-refractivity contribution is -0.137. The Kier molecular flexibility index (Phi) is 3.53. The van der Waals surface area contributed by atoms with E-state index in [2.05, 4.69) is 34.9 Å². The molecule has 1 fully saturated rings. The third-order valence-corrected chi connectivity index (χ3v) is 4.03. The smallest absolute Gasteiger partial charge is 0.303 e. The van der Waals surface area contributed by atoms with Gasteiger partial charge in [-0.1, -0.05) is 13.8 Å². The standard InChI is InChI=1S/C15H20N4O2/c1-10(2)12-8-13-15(16-4-6-19(13)17-12)18-5-3-11(9-18)7-14(20)21/h4,6,8,10-11H,3,5,7,9H2,1-2H3,(H,20,21). The van der Waals surface area contributed by atoms with Crippen LogP contribution in [0.4, 0.5) is 5.82 Å². The first-order valence-electron chi connectivity index (χ1n) is 7.35. The van der Waals surface area contributed by atoms with Crippen molar-refractivity contribution in [1.29, 1.82) is 0 Å². The van der Waals surface area contributed by atoms with Gasteiger partial charge in [0.1, 0.15) is 5.52 Å². The molecule has 6 nitrogen and oxygen atoms in total. The zero-order valence-electron chi connectivity index (χ0n) is 12.4. The van der Waals surface area contributed by atoms with Gasteiger partial charge < -0.3 is 10.0 Å². The summed E-state index contributed by atoms with van der Waals surface area (Å²) in [4.78, 5) is 17.5. The molecule has 3 rings (SSSR count). The zero-order chi connectivity index (χ0) is 15.0. The summed E-state index contributed by atoms with van der Waals surface area (Å²) in [7, 11) is 0. The van der Waals surface area contributed by atoms with Gasteiger partial charge in [0.2, 0.25) is 0 Å². The highest BCUT2D eigenvalue weighted by Crippen LogP contribution is 2.28. The Balaban J connectivity index is 1.89. The Morgan fingerprint density at radius 3 is 3.05 bits per heavy atom. The number of hydrogen-bond donors (Lipinski definition) is 1. The van der Waals surface area contributed by atoms with Gasteiger partial charge in [0.25, 0.3) is 0 Å². The van der Waals surface area contributed by atoms with Crippen LogP contribution in [-0.2, 0) is 4.79 Å². The number of carbonyl (C=O) groups is 1. The normalized spacial score (nSPS) is 18.8. The van der Waals surface area contributed by atoms with Crippen molar-refractivity contribution in [1.82, 2.24) is 14.6 Å². The van der Waals surface area contributed by atoms with E-state index in [0.29, 0.717) is 5.92 Å². The molecule has 1 N–H and O–H groups in total. The molecule has 0 aromatic carbocycles. The molecule has 1 aliphatic heterocycles. The lowest BCUT2D eigenvalue weighted by Crippen LogP contribution is -2.22. The van der Waals surface area contributed by atoms with Crippen molar-refractivity contribution in [2.24, 2.45) is 5.92 Å². The van der Waals surface area contributed by atoms with Gasteiger partial charge in [-0.15, -0.1) is 0 Å². The largest absolute Gasteiger partial charge is 0.481 e. The van der Waals surface area contributed by atoms with E-state index in [1.807, 2.05) is 10.7 Å². The minimum Gasteiger partial charge on any atom is -0.481 e. The molecule has 0 aliphatic carbocycles. The third-order valence-electron chi connectivity index (χ3n) is 4.03. The van der Waals surface area contributed by atoms with E-state index in [4.69, 9.17) is 5.11 Å². The first-order valence-corrected chi connectivity index (χ1v) is 7.35. The van der Waals surface area contributed by atoms with Gasteiger partial charge in [-0.05, 0) is 24.3 Å². The van der Waals surface area contributed by atoms with Crippen LogP contribution in [0.3, 0.4) is 0 Å². The number of carboxylic acid groups (broad SMARTS) is 1. The van der Waals surface area contributed by atoms with E-state index in [1.165, 1.54) is 0 Å². The van der Waals surface area contributed by atoms with Crippen LogP contribution in [0.15, 0.2) is 18.5 Å². The van der Waals surface area contributed by atoms with Crippen LogP contribution in [0.2, 0.25) is 0 Å². The Bertz CT molecular complexity index is 665. The third kappa shape index (κ3) is 2.70. The molecule has 1 aliphatic rings. The molecule has 0 amide bonds. The van der Waals surface area contributed by atoms with Gasteiger partial charge >= 0.3 is 5.97 Å². The quantitative estimate of drug-likeness (QED) is 0.933.